The van der Waals surface area contributed by atoms with Crippen molar-refractivity contribution in [3.63, 3.8) is 0 Å². The molecule has 0 aliphatic heterocycles. The highest BCUT2D eigenvalue weighted by atomic mass is 32.2. The van der Waals surface area contributed by atoms with Crippen LogP contribution in [-0.4, -0.2) is 22.3 Å². The lowest BCUT2D eigenvalue weighted by atomic mass is 10.1. The largest absolute Gasteiger partial charge is 0.396 e. The van der Waals surface area contributed by atoms with Gasteiger partial charge in [0.1, 0.15) is 6.07 Å². The lowest BCUT2D eigenvalue weighted by Crippen LogP contribution is -2.21. The van der Waals surface area contributed by atoms with Gasteiger partial charge in [-0.05, 0) is 19.1 Å². The minimum atomic E-state index is -0.866. The average molecular weight is 237 g/mol. The van der Waals surface area contributed by atoms with Gasteiger partial charge in [-0.15, -0.1) is 0 Å². The van der Waals surface area contributed by atoms with E-state index in [1.165, 1.54) is 0 Å². The summed E-state index contributed by atoms with van der Waals surface area (Å²) >= 11 is 0. The molecule has 0 fully saturated rings. The summed E-state index contributed by atoms with van der Waals surface area (Å²) in [7, 11) is -0.866. The normalized spacial score (nSPS) is 13.8. The molecule has 0 amide bonds. The van der Waals surface area contributed by atoms with E-state index >= 15 is 0 Å². The Kier molecular flexibility index (Phi) is 4.32. The molecule has 0 aliphatic carbocycles. The number of nitrogens with one attached hydrogen (secondary N) is 1. The predicted octanol–water partition coefficient (Wildman–Crippen LogP) is 1.32. The van der Waals surface area contributed by atoms with Crippen molar-refractivity contribution in [3.05, 3.63) is 23.8 Å². The minimum Gasteiger partial charge on any atom is -0.396 e. The molecule has 4 nitrogen and oxygen atoms in total. The van der Waals surface area contributed by atoms with E-state index in [-0.39, 0.29) is 5.25 Å². The molecule has 0 aromatic heterocycles. The lowest BCUT2D eigenvalue weighted by molar-refractivity contribution is 0.679. The van der Waals surface area contributed by atoms with Gasteiger partial charge in [-0.25, -0.2) is 0 Å². The summed E-state index contributed by atoms with van der Waals surface area (Å²) < 4.78 is 11.2. The predicted molar refractivity (Wildman–Crippen MR) is 67.6 cm³/mol. The number of para-hydroxylation sites is 1. The molecule has 0 aliphatic rings. The summed E-state index contributed by atoms with van der Waals surface area (Å²) in [6.45, 7) is 2.47. The molecule has 1 rings (SSSR count). The molecule has 0 bridgehead atoms. The smallest absolute Gasteiger partial charge is 0.101 e. The van der Waals surface area contributed by atoms with Crippen LogP contribution < -0.4 is 11.1 Å². The molecule has 3 N–H and O–H groups in total. The van der Waals surface area contributed by atoms with E-state index in [0.717, 1.165) is 5.69 Å². The van der Waals surface area contributed by atoms with Crippen molar-refractivity contribution in [1.82, 2.24) is 0 Å². The number of hydrogen-bond donors (Lipinski definition) is 2. The van der Waals surface area contributed by atoms with Crippen LogP contribution in [0.4, 0.5) is 11.4 Å². The standard InChI is InChI=1S/C11H15N3OS/c1-8(16(2)15)7-14-10-5-3-4-9(6-12)11(10)13/h3-5,8,14H,7,13H2,1-2H3. The Hall–Kier alpha value is -1.54. The van der Waals surface area contributed by atoms with Crippen LogP contribution in [0.5, 0.6) is 0 Å². The zero-order valence-electron chi connectivity index (χ0n) is 9.36. The van der Waals surface area contributed by atoms with Crippen LogP contribution in [0.15, 0.2) is 18.2 Å². The van der Waals surface area contributed by atoms with E-state index in [4.69, 9.17) is 11.0 Å². The number of hydrogen-bond acceptors (Lipinski definition) is 4. The highest BCUT2D eigenvalue weighted by molar-refractivity contribution is 7.84. The van der Waals surface area contributed by atoms with Gasteiger partial charge in [-0.2, -0.15) is 5.26 Å². The van der Waals surface area contributed by atoms with Gasteiger partial charge in [0, 0.05) is 28.9 Å². The molecule has 0 heterocycles. The molecular formula is C11H15N3OS. The third-order valence-corrected chi connectivity index (χ3v) is 3.67. The van der Waals surface area contributed by atoms with Gasteiger partial charge in [-0.3, -0.25) is 4.21 Å². The minimum absolute atomic E-state index is 0.0464. The maximum absolute atomic E-state index is 11.2. The Bertz CT molecular complexity index is 439. The maximum atomic E-state index is 11.2. The van der Waals surface area contributed by atoms with E-state index in [9.17, 15) is 4.21 Å². The van der Waals surface area contributed by atoms with Crippen molar-refractivity contribution < 1.29 is 4.21 Å². The Morgan fingerprint density at radius 3 is 2.88 bits per heavy atom. The van der Waals surface area contributed by atoms with E-state index in [1.54, 1.807) is 18.4 Å². The van der Waals surface area contributed by atoms with Crippen molar-refractivity contribution in [1.29, 1.82) is 5.26 Å². The van der Waals surface area contributed by atoms with Gasteiger partial charge in [0.25, 0.3) is 0 Å². The van der Waals surface area contributed by atoms with E-state index in [0.29, 0.717) is 17.8 Å². The Balaban J connectivity index is 2.76. The van der Waals surface area contributed by atoms with Crippen LogP contribution in [-0.2, 0) is 10.8 Å². The second-order valence-electron chi connectivity index (χ2n) is 3.57. The van der Waals surface area contributed by atoms with Gasteiger partial charge in [-0.1, -0.05) is 6.07 Å². The number of nitrogens with two attached hydrogens (primary N) is 1. The number of anilines is 2. The van der Waals surface area contributed by atoms with Gasteiger partial charge >= 0.3 is 0 Å². The van der Waals surface area contributed by atoms with Crippen LogP contribution in [0, 0.1) is 11.3 Å². The van der Waals surface area contributed by atoms with Gasteiger partial charge in [0.2, 0.25) is 0 Å². The Morgan fingerprint density at radius 2 is 2.31 bits per heavy atom. The fourth-order valence-electron chi connectivity index (χ4n) is 1.19. The molecule has 2 atom stereocenters. The maximum Gasteiger partial charge on any atom is 0.101 e. The van der Waals surface area contributed by atoms with Gasteiger partial charge in [0.15, 0.2) is 0 Å². The van der Waals surface area contributed by atoms with Crippen LogP contribution in [0.25, 0.3) is 0 Å². The molecule has 1 aromatic rings. The number of nitrogen functional groups attached to an aromatic ring is 1. The molecule has 2 unspecified atom stereocenters. The SMILES string of the molecule is CC(CNc1cccc(C#N)c1N)S(C)=O. The molecule has 86 valence electrons. The summed E-state index contributed by atoms with van der Waals surface area (Å²) in [6.07, 6.45) is 1.67. The van der Waals surface area contributed by atoms with Crippen LogP contribution in [0.1, 0.15) is 12.5 Å². The zero-order valence-corrected chi connectivity index (χ0v) is 10.2. The Morgan fingerprint density at radius 1 is 1.62 bits per heavy atom. The third-order valence-electron chi connectivity index (χ3n) is 2.37. The molecule has 0 spiro atoms. The van der Waals surface area contributed by atoms with E-state index in [1.807, 2.05) is 19.1 Å². The monoisotopic (exact) mass is 237 g/mol. The summed E-state index contributed by atoms with van der Waals surface area (Å²) in [5, 5.41) is 11.9. The second kappa shape index (κ2) is 5.52. The fourth-order valence-corrected chi connectivity index (χ4v) is 1.51. The van der Waals surface area contributed by atoms with Crippen LogP contribution >= 0.6 is 0 Å². The molecule has 0 radical (unpaired) electrons. The molecule has 0 saturated heterocycles. The molecule has 0 saturated carbocycles. The first kappa shape index (κ1) is 12.5. The summed E-state index contributed by atoms with van der Waals surface area (Å²) in [5.74, 6) is 0. The first-order valence-electron chi connectivity index (χ1n) is 4.91. The fraction of sp³-hybridized carbons (Fsp3) is 0.364. The highest BCUT2D eigenvalue weighted by Gasteiger charge is 2.08. The van der Waals surface area contributed by atoms with Crippen LogP contribution in [0.2, 0.25) is 0 Å². The number of nitrogens with zero attached hydrogens (tertiary/aromatic N) is 1. The van der Waals surface area contributed by atoms with Gasteiger partial charge in [0.05, 0.1) is 16.9 Å². The number of benzene rings is 1. The van der Waals surface area contributed by atoms with Crippen molar-refractivity contribution in [2.75, 3.05) is 23.9 Å². The molecule has 1 aromatic carbocycles. The number of rotatable bonds is 4. The lowest BCUT2D eigenvalue weighted by Gasteiger charge is -2.13. The van der Waals surface area contributed by atoms with Gasteiger partial charge < -0.3 is 11.1 Å². The zero-order chi connectivity index (χ0) is 12.1. The van der Waals surface area contributed by atoms with Crippen molar-refractivity contribution in [3.8, 4) is 6.07 Å². The third kappa shape index (κ3) is 2.97. The van der Waals surface area contributed by atoms with Crippen molar-refractivity contribution >= 4 is 22.2 Å². The van der Waals surface area contributed by atoms with Crippen molar-refractivity contribution in [2.24, 2.45) is 0 Å². The quantitative estimate of drug-likeness (QED) is 0.774. The summed E-state index contributed by atoms with van der Waals surface area (Å²) in [6, 6.07) is 7.27. The molecular weight excluding hydrogens is 222 g/mol. The van der Waals surface area contributed by atoms with E-state index < -0.39 is 10.8 Å². The topological polar surface area (TPSA) is 78.9 Å². The Labute approximate surface area is 97.9 Å². The summed E-state index contributed by atoms with van der Waals surface area (Å²) in [4.78, 5) is 0. The van der Waals surface area contributed by atoms with Crippen LogP contribution in [0.3, 0.4) is 0 Å². The molecule has 16 heavy (non-hydrogen) atoms. The first-order chi connectivity index (χ1) is 7.56. The van der Waals surface area contributed by atoms with E-state index in [2.05, 4.69) is 5.32 Å². The average Bonchev–Trinajstić information content (AvgIpc) is 2.27. The number of nitriles is 1. The van der Waals surface area contributed by atoms with Crippen molar-refractivity contribution in [2.45, 2.75) is 12.2 Å². The highest BCUT2D eigenvalue weighted by Crippen LogP contribution is 2.21. The summed E-state index contributed by atoms with van der Waals surface area (Å²) in [5.41, 5.74) is 7.41. The second-order valence-corrected chi connectivity index (χ2v) is 5.37. The first-order valence-corrected chi connectivity index (χ1v) is 6.53. The molecule has 5 heteroatoms.